The van der Waals surface area contributed by atoms with Crippen LogP contribution in [0.2, 0.25) is 0 Å². The van der Waals surface area contributed by atoms with E-state index in [4.69, 9.17) is 4.74 Å². The maximum Gasteiger partial charge on any atom is 0.0718 e. The molecule has 0 aromatic rings. The predicted molar refractivity (Wildman–Crippen MR) is 57.3 cm³/mol. The SMILES string of the molecule is CCOCC1CCN(CC(C)(C)O)C1. The Morgan fingerprint density at radius 3 is 2.79 bits per heavy atom. The quantitative estimate of drug-likeness (QED) is 0.723. The molecule has 0 saturated carbocycles. The zero-order valence-corrected chi connectivity index (χ0v) is 9.62. The Bertz CT molecular complexity index is 165. The van der Waals surface area contributed by atoms with Crippen LogP contribution in [-0.4, -0.2) is 48.5 Å². The highest BCUT2D eigenvalue weighted by molar-refractivity contribution is 4.80. The number of aliphatic hydroxyl groups is 1. The highest BCUT2D eigenvalue weighted by Crippen LogP contribution is 2.18. The van der Waals surface area contributed by atoms with E-state index >= 15 is 0 Å². The van der Waals surface area contributed by atoms with Gasteiger partial charge >= 0.3 is 0 Å². The first-order valence-electron chi connectivity index (χ1n) is 5.54. The van der Waals surface area contributed by atoms with Crippen molar-refractivity contribution in [2.45, 2.75) is 32.8 Å². The Morgan fingerprint density at radius 1 is 1.50 bits per heavy atom. The molecule has 84 valence electrons. The molecule has 1 unspecified atom stereocenters. The van der Waals surface area contributed by atoms with Crippen molar-refractivity contribution in [1.82, 2.24) is 4.90 Å². The second-order valence-electron chi connectivity index (χ2n) is 4.86. The maximum atomic E-state index is 9.67. The first-order valence-corrected chi connectivity index (χ1v) is 5.54. The number of nitrogens with zero attached hydrogens (tertiary/aromatic N) is 1. The van der Waals surface area contributed by atoms with Gasteiger partial charge in [-0.15, -0.1) is 0 Å². The van der Waals surface area contributed by atoms with Crippen molar-refractivity contribution in [3.63, 3.8) is 0 Å². The van der Waals surface area contributed by atoms with Crippen molar-refractivity contribution < 1.29 is 9.84 Å². The highest BCUT2D eigenvalue weighted by atomic mass is 16.5. The zero-order chi connectivity index (χ0) is 10.6. The number of β-amino-alcohol motifs (C(OH)–C–C–N with tert-alkyl or cyclic N) is 1. The van der Waals surface area contributed by atoms with Crippen molar-refractivity contribution >= 4 is 0 Å². The summed E-state index contributed by atoms with van der Waals surface area (Å²) in [5.41, 5.74) is -0.569. The van der Waals surface area contributed by atoms with Gasteiger partial charge < -0.3 is 14.7 Å². The largest absolute Gasteiger partial charge is 0.389 e. The van der Waals surface area contributed by atoms with Crippen molar-refractivity contribution in [3.8, 4) is 0 Å². The third-order valence-corrected chi connectivity index (χ3v) is 2.54. The summed E-state index contributed by atoms with van der Waals surface area (Å²) >= 11 is 0. The van der Waals surface area contributed by atoms with E-state index in [1.807, 2.05) is 20.8 Å². The van der Waals surface area contributed by atoms with E-state index in [0.717, 1.165) is 32.8 Å². The van der Waals surface area contributed by atoms with Gasteiger partial charge in [0.25, 0.3) is 0 Å². The van der Waals surface area contributed by atoms with Gasteiger partial charge in [0.2, 0.25) is 0 Å². The molecular formula is C11H23NO2. The van der Waals surface area contributed by atoms with E-state index in [1.165, 1.54) is 6.42 Å². The van der Waals surface area contributed by atoms with E-state index in [-0.39, 0.29) is 0 Å². The van der Waals surface area contributed by atoms with Gasteiger partial charge in [-0.3, -0.25) is 0 Å². The van der Waals surface area contributed by atoms with E-state index < -0.39 is 5.60 Å². The first-order chi connectivity index (χ1) is 6.51. The molecular weight excluding hydrogens is 178 g/mol. The summed E-state index contributed by atoms with van der Waals surface area (Å²) in [6.07, 6.45) is 1.20. The van der Waals surface area contributed by atoms with Crippen molar-refractivity contribution in [1.29, 1.82) is 0 Å². The predicted octanol–water partition coefficient (Wildman–Crippen LogP) is 1.12. The van der Waals surface area contributed by atoms with Crippen molar-refractivity contribution in [2.75, 3.05) is 32.8 Å². The minimum Gasteiger partial charge on any atom is -0.389 e. The second-order valence-corrected chi connectivity index (χ2v) is 4.86. The Morgan fingerprint density at radius 2 is 2.21 bits per heavy atom. The van der Waals surface area contributed by atoms with Crippen LogP contribution in [0, 0.1) is 5.92 Å². The lowest BCUT2D eigenvalue weighted by Gasteiger charge is -2.25. The monoisotopic (exact) mass is 201 g/mol. The molecule has 0 bridgehead atoms. The Kier molecular flexibility index (Phi) is 4.35. The molecule has 0 aromatic carbocycles. The van der Waals surface area contributed by atoms with E-state index in [2.05, 4.69) is 4.90 Å². The van der Waals surface area contributed by atoms with E-state index in [9.17, 15) is 5.11 Å². The van der Waals surface area contributed by atoms with Crippen LogP contribution >= 0.6 is 0 Å². The molecule has 1 atom stereocenters. The van der Waals surface area contributed by atoms with Gasteiger partial charge in [0.1, 0.15) is 0 Å². The van der Waals surface area contributed by atoms with Gasteiger partial charge in [-0.2, -0.15) is 0 Å². The van der Waals surface area contributed by atoms with Gasteiger partial charge in [-0.25, -0.2) is 0 Å². The fourth-order valence-corrected chi connectivity index (χ4v) is 2.02. The number of ether oxygens (including phenoxy) is 1. The van der Waals surface area contributed by atoms with Gasteiger partial charge in [-0.05, 0) is 39.7 Å². The summed E-state index contributed by atoms with van der Waals surface area (Å²) in [4.78, 5) is 2.32. The lowest BCUT2D eigenvalue weighted by atomic mass is 10.1. The third-order valence-electron chi connectivity index (χ3n) is 2.54. The first kappa shape index (κ1) is 12.0. The average molecular weight is 201 g/mol. The molecule has 1 heterocycles. The topological polar surface area (TPSA) is 32.7 Å². The molecule has 14 heavy (non-hydrogen) atoms. The molecule has 3 heteroatoms. The number of hydrogen-bond acceptors (Lipinski definition) is 3. The van der Waals surface area contributed by atoms with Crippen LogP contribution < -0.4 is 0 Å². The van der Waals surface area contributed by atoms with E-state index in [0.29, 0.717) is 5.92 Å². The molecule has 0 spiro atoms. The summed E-state index contributed by atoms with van der Waals surface area (Å²) < 4.78 is 5.41. The summed E-state index contributed by atoms with van der Waals surface area (Å²) in [6, 6.07) is 0. The molecule has 0 radical (unpaired) electrons. The molecule has 1 N–H and O–H groups in total. The minimum absolute atomic E-state index is 0.569. The standard InChI is InChI=1S/C11H23NO2/c1-4-14-8-10-5-6-12(7-10)9-11(2,3)13/h10,13H,4-9H2,1-3H3. The third kappa shape index (κ3) is 4.40. The van der Waals surface area contributed by atoms with Crippen LogP contribution in [0.3, 0.4) is 0 Å². The Labute approximate surface area is 87.1 Å². The minimum atomic E-state index is -0.569. The molecule has 1 aliphatic heterocycles. The highest BCUT2D eigenvalue weighted by Gasteiger charge is 2.26. The second kappa shape index (κ2) is 5.10. The average Bonchev–Trinajstić information content (AvgIpc) is 2.46. The fourth-order valence-electron chi connectivity index (χ4n) is 2.02. The summed E-state index contributed by atoms with van der Waals surface area (Å²) in [5, 5.41) is 9.67. The lowest BCUT2D eigenvalue weighted by Crippen LogP contribution is -2.37. The fraction of sp³-hybridized carbons (Fsp3) is 1.00. The lowest BCUT2D eigenvalue weighted by molar-refractivity contribution is 0.0401. The normalized spacial score (nSPS) is 24.4. The van der Waals surface area contributed by atoms with Crippen LogP contribution in [0.4, 0.5) is 0 Å². The van der Waals surface area contributed by atoms with Gasteiger partial charge in [-0.1, -0.05) is 0 Å². The van der Waals surface area contributed by atoms with Crippen LogP contribution in [0.25, 0.3) is 0 Å². The molecule has 0 aromatic heterocycles. The molecule has 0 aliphatic carbocycles. The number of hydrogen-bond donors (Lipinski definition) is 1. The molecule has 0 amide bonds. The van der Waals surface area contributed by atoms with Crippen LogP contribution in [-0.2, 0) is 4.74 Å². The van der Waals surface area contributed by atoms with E-state index in [1.54, 1.807) is 0 Å². The summed E-state index contributed by atoms with van der Waals surface area (Å²) in [7, 11) is 0. The van der Waals surface area contributed by atoms with Crippen LogP contribution in [0.1, 0.15) is 27.2 Å². The number of likely N-dealkylation sites (tertiary alicyclic amines) is 1. The van der Waals surface area contributed by atoms with Crippen LogP contribution in [0.15, 0.2) is 0 Å². The number of rotatable bonds is 5. The molecule has 3 nitrogen and oxygen atoms in total. The molecule has 1 rings (SSSR count). The molecule has 1 aliphatic rings. The van der Waals surface area contributed by atoms with Gasteiger partial charge in [0.15, 0.2) is 0 Å². The van der Waals surface area contributed by atoms with Crippen LogP contribution in [0.5, 0.6) is 0 Å². The zero-order valence-electron chi connectivity index (χ0n) is 9.62. The summed E-state index contributed by atoms with van der Waals surface area (Å²) in [5.74, 6) is 0.664. The molecule has 1 saturated heterocycles. The van der Waals surface area contributed by atoms with Crippen molar-refractivity contribution in [3.05, 3.63) is 0 Å². The smallest absolute Gasteiger partial charge is 0.0718 e. The Hall–Kier alpha value is -0.120. The Balaban J connectivity index is 2.20. The molecule has 1 fully saturated rings. The van der Waals surface area contributed by atoms with Gasteiger partial charge in [0.05, 0.1) is 12.2 Å². The van der Waals surface area contributed by atoms with Gasteiger partial charge in [0, 0.05) is 19.7 Å². The summed E-state index contributed by atoms with van der Waals surface area (Å²) in [6.45, 7) is 10.4. The maximum absolute atomic E-state index is 9.67. The van der Waals surface area contributed by atoms with Crippen molar-refractivity contribution in [2.24, 2.45) is 5.92 Å².